The number of nitrogens with zero attached hydrogens (tertiary/aromatic N) is 2. The van der Waals surface area contributed by atoms with Crippen molar-refractivity contribution < 1.29 is 9.59 Å². The zero-order valence-electron chi connectivity index (χ0n) is 14.0. The maximum Gasteiger partial charge on any atom is 0.244 e. The summed E-state index contributed by atoms with van der Waals surface area (Å²) in [6.45, 7) is 2.32. The van der Waals surface area contributed by atoms with Gasteiger partial charge in [-0.25, -0.2) is 0 Å². The molecule has 0 spiro atoms. The summed E-state index contributed by atoms with van der Waals surface area (Å²) in [6.07, 6.45) is 2.17. The molecule has 6 heteroatoms. The lowest BCUT2D eigenvalue weighted by Crippen LogP contribution is -2.47. The van der Waals surface area contributed by atoms with Crippen molar-refractivity contribution in [3.05, 3.63) is 46.7 Å². The minimum absolute atomic E-state index is 0.00344. The fourth-order valence-electron chi connectivity index (χ4n) is 3.66. The lowest BCUT2D eigenvalue weighted by Gasteiger charge is -2.34. The second-order valence-electron chi connectivity index (χ2n) is 6.65. The quantitative estimate of drug-likeness (QED) is 0.921. The summed E-state index contributed by atoms with van der Waals surface area (Å²) in [5.41, 5.74) is 2.93. The second kappa shape index (κ2) is 6.98. The van der Waals surface area contributed by atoms with Crippen LogP contribution in [0.3, 0.4) is 0 Å². The molecule has 0 atom stereocenters. The van der Waals surface area contributed by atoms with E-state index in [0.29, 0.717) is 18.2 Å². The van der Waals surface area contributed by atoms with Gasteiger partial charge in [0.15, 0.2) is 0 Å². The molecule has 3 heterocycles. The number of thiophene rings is 1. The molecule has 25 heavy (non-hydrogen) atoms. The van der Waals surface area contributed by atoms with E-state index in [1.165, 1.54) is 5.56 Å². The number of hydrogen-bond acceptors (Lipinski definition) is 4. The summed E-state index contributed by atoms with van der Waals surface area (Å²) >= 11 is 1.74. The molecule has 0 bridgehead atoms. The zero-order valence-corrected chi connectivity index (χ0v) is 14.8. The molecule has 2 aliphatic heterocycles. The number of para-hydroxylation sites is 2. The largest absolute Gasteiger partial charge is 0.323 e. The van der Waals surface area contributed by atoms with Crippen molar-refractivity contribution in [3.63, 3.8) is 0 Å². The smallest absolute Gasteiger partial charge is 0.244 e. The van der Waals surface area contributed by atoms with E-state index < -0.39 is 0 Å². The third kappa shape index (κ3) is 3.45. The monoisotopic (exact) mass is 355 g/mol. The Kier molecular flexibility index (Phi) is 4.55. The van der Waals surface area contributed by atoms with Crippen LogP contribution in [-0.4, -0.2) is 42.9 Å². The highest BCUT2D eigenvalue weighted by molar-refractivity contribution is 7.07. The summed E-state index contributed by atoms with van der Waals surface area (Å²) in [5.74, 6) is 0.471. The Labute approximate surface area is 151 Å². The summed E-state index contributed by atoms with van der Waals surface area (Å²) in [4.78, 5) is 28.5. The van der Waals surface area contributed by atoms with Crippen molar-refractivity contribution in [2.45, 2.75) is 18.8 Å². The lowest BCUT2D eigenvalue weighted by molar-refractivity contribution is -0.122. The van der Waals surface area contributed by atoms with Crippen LogP contribution >= 0.6 is 11.3 Å². The summed E-state index contributed by atoms with van der Waals surface area (Å²) in [5, 5.41) is 7.18. The molecule has 1 aromatic carbocycles. The van der Waals surface area contributed by atoms with Crippen LogP contribution in [0.5, 0.6) is 0 Å². The first-order valence-electron chi connectivity index (χ1n) is 8.64. The predicted molar refractivity (Wildman–Crippen MR) is 100 cm³/mol. The van der Waals surface area contributed by atoms with Crippen molar-refractivity contribution >= 4 is 34.5 Å². The van der Waals surface area contributed by atoms with Gasteiger partial charge in [0.2, 0.25) is 11.8 Å². The molecule has 2 aromatic rings. The number of benzene rings is 1. The van der Waals surface area contributed by atoms with Crippen LogP contribution in [0.2, 0.25) is 0 Å². The number of carbonyl (C=O) groups is 2. The molecule has 2 aliphatic rings. The topological polar surface area (TPSA) is 52.7 Å². The highest BCUT2D eigenvalue weighted by Gasteiger charge is 2.29. The van der Waals surface area contributed by atoms with Crippen LogP contribution in [0.4, 0.5) is 11.4 Å². The SMILES string of the molecule is O=C1CN(C(=O)CN2CCC(c3ccsc3)CC2)c2ccccc2N1. The standard InChI is InChI=1S/C19H21N3O2S/c23-18-11-22(17-4-2-1-3-16(17)20-18)19(24)12-21-8-5-14(6-9-21)15-7-10-25-13-15/h1-4,7,10,13-14H,5-6,8-9,11-12H2,(H,20,23). The number of fused-ring (bicyclic) bond motifs is 1. The molecule has 0 aliphatic carbocycles. The molecular formula is C19H21N3O2S. The molecule has 1 fully saturated rings. The Morgan fingerprint density at radius 2 is 2.00 bits per heavy atom. The van der Waals surface area contributed by atoms with Gasteiger partial charge in [-0.2, -0.15) is 11.3 Å². The normalized spacial score (nSPS) is 18.7. The third-order valence-corrected chi connectivity index (χ3v) is 5.73. The van der Waals surface area contributed by atoms with Crippen molar-refractivity contribution in [1.82, 2.24) is 4.90 Å². The maximum absolute atomic E-state index is 12.8. The third-order valence-electron chi connectivity index (χ3n) is 5.03. The number of anilines is 2. The fraction of sp³-hybridized carbons (Fsp3) is 0.368. The van der Waals surface area contributed by atoms with Crippen LogP contribution < -0.4 is 10.2 Å². The Morgan fingerprint density at radius 3 is 2.76 bits per heavy atom. The van der Waals surface area contributed by atoms with Crippen LogP contribution in [0, 0.1) is 0 Å². The number of likely N-dealkylation sites (tertiary alicyclic amines) is 1. The van der Waals surface area contributed by atoms with E-state index >= 15 is 0 Å². The molecule has 5 nitrogen and oxygen atoms in total. The van der Waals surface area contributed by atoms with Crippen LogP contribution in [0.15, 0.2) is 41.1 Å². The van der Waals surface area contributed by atoms with Crippen molar-refractivity contribution in [2.24, 2.45) is 0 Å². The van der Waals surface area contributed by atoms with Gasteiger partial charge in [-0.1, -0.05) is 12.1 Å². The minimum Gasteiger partial charge on any atom is -0.323 e. The van der Waals surface area contributed by atoms with Gasteiger partial charge in [-0.15, -0.1) is 0 Å². The lowest BCUT2D eigenvalue weighted by atomic mass is 9.91. The van der Waals surface area contributed by atoms with E-state index in [2.05, 4.69) is 27.0 Å². The average Bonchev–Trinajstić information content (AvgIpc) is 3.16. The van der Waals surface area contributed by atoms with E-state index in [0.717, 1.165) is 31.6 Å². The second-order valence-corrected chi connectivity index (χ2v) is 7.43. The number of carbonyl (C=O) groups excluding carboxylic acids is 2. The zero-order chi connectivity index (χ0) is 17.2. The van der Waals surface area contributed by atoms with Crippen molar-refractivity contribution in [2.75, 3.05) is 36.4 Å². The van der Waals surface area contributed by atoms with Gasteiger partial charge in [-0.05, 0) is 66.4 Å². The van der Waals surface area contributed by atoms with Gasteiger partial charge < -0.3 is 5.32 Å². The summed E-state index contributed by atoms with van der Waals surface area (Å²) in [7, 11) is 0. The van der Waals surface area contributed by atoms with Gasteiger partial charge in [-0.3, -0.25) is 19.4 Å². The highest BCUT2D eigenvalue weighted by Crippen LogP contribution is 2.31. The molecule has 1 saturated heterocycles. The van der Waals surface area contributed by atoms with Crippen molar-refractivity contribution in [1.29, 1.82) is 0 Å². The molecule has 2 amide bonds. The van der Waals surface area contributed by atoms with E-state index in [-0.39, 0.29) is 18.4 Å². The van der Waals surface area contributed by atoms with E-state index in [9.17, 15) is 9.59 Å². The Balaban J connectivity index is 1.39. The minimum atomic E-state index is -0.136. The van der Waals surface area contributed by atoms with Gasteiger partial charge in [0, 0.05) is 0 Å². The number of hydrogen-bond donors (Lipinski definition) is 1. The summed E-state index contributed by atoms with van der Waals surface area (Å²) in [6, 6.07) is 9.68. The average molecular weight is 355 g/mol. The van der Waals surface area contributed by atoms with E-state index in [1.807, 2.05) is 24.3 Å². The number of amides is 2. The van der Waals surface area contributed by atoms with Crippen LogP contribution in [0.25, 0.3) is 0 Å². The number of nitrogens with one attached hydrogen (secondary N) is 1. The first-order valence-corrected chi connectivity index (χ1v) is 9.58. The Hall–Kier alpha value is -2.18. The van der Waals surface area contributed by atoms with Gasteiger partial charge in [0.05, 0.1) is 17.9 Å². The molecule has 1 aromatic heterocycles. The number of piperidine rings is 1. The van der Waals surface area contributed by atoms with Gasteiger partial charge >= 0.3 is 0 Å². The molecule has 130 valence electrons. The van der Waals surface area contributed by atoms with Crippen LogP contribution in [0.1, 0.15) is 24.3 Å². The van der Waals surface area contributed by atoms with E-state index in [4.69, 9.17) is 0 Å². The Morgan fingerprint density at radius 1 is 1.20 bits per heavy atom. The molecule has 0 unspecified atom stereocenters. The number of rotatable bonds is 3. The first kappa shape index (κ1) is 16.3. The molecule has 1 N–H and O–H groups in total. The van der Waals surface area contributed by atoms with Crippen LogP contribution in [-0.2, 0) is 9.59 Å². The molecular weight excluding hydrogens is 334 g/mol. The summed E-state index contributed by atoms with van der Waals surface area (Å²) < 4.78 is 0. The molecule has 4 rings (SSSR count). The Bertz CT molecular complexity index is 767. The first-order chi connectivity index (χ1) is 12.2. The fourth-order valence-corrected chi connectivity index (χ4v) is 4.41. The predicted octanol–water partition coefficient (Wildman–Crippen LogP) is 2.91. The maximum atomic E-state index is 12.8. The van der Waals surface area contributed by atoms with Gasteiger partial charge in [0.1, 0.15) is 6.54 Å². The van der Waals surface area contributed by atoms with Gasteiger partial charge in [0.25, 0.3) is 0 Å². The highest BCUT2D eigenvalue weighted by atomic mass is 32.1. The molecule has 0 radical (unpaired) electrons. The molecule has 0 saturated carbocycles. The van der Waals surface area contributed by atoms with E-state index in [1.54, 1.807) is 16.2 Å². The van der Waals surface area contributed by atoms with Crippen molar-refractivity contribution in [3.8, 4) is 0 Å².